The van der Waals surface area contributed by atoms with Crippen molar-refractivity contribution in [2.75, 3.05) is 6.61 Å². The summed E-state index contributed by atoms with van der Waals surface area (Å²) in [4.78, 5) is 11.5. The summed E-state index contributed by atoms with van der Waals surface area (Å²) in [5, 5.41) is 0. The largest absolute Gasteiger partial charge is 0.464 e. The molecule has 0 heterocycles. The molecular weight excluding hydrogens is 220 g/mol. The van der Waals surface area contributed by atoms with E-state index < -0.39 is 0 Å². The van der Waals surface area contributed by atoms with Crippen LogP contribution in [0, 0.1) is 5.41 Å². The van der Waals surface area contributed by atoms with Gasteiger partial charge in [0.25, 0.3) is 0 Å². The van der Waals surface area contributed by atoms with Crippen LogP contribution in [-0.4, -0.2) is 17.4 Å². The molecule has 0 aliphatic rings. The van der Waals surface area contributed by atoms with E-state index in [9.17, 15) is 4.79 Å². The maximum Gasteiger partial charge on any atom is 0.311 e. The molecule has 12 heavy (non-hydrogen) atoms. The predicted octanol–water partition coefficient (Wildman–Crippen LogP) is 2.75. The van der Waals surface area contributed by atoms with Crippen LogP contribution in [0.15, 0.2) is 0 Å². The van der Waals surface area contributed by atoms with Crippen LogP contribution in [0.2, 0.25) is 0 Å². The molecule has 0 aliphatic heterocycles. The Hall–Kier alpha value is -0.0500. The lowest BCUT2D eigenvalue weighted by Gasteiger charge is -2.17. The predicted molar refractivity (Wildman–Crippen MR) is 53.4 cm³/mol. The SMILES string of the molecule is CCC(Br)COC(=O)C(C)(C)C. The lowest BCUT2D eigenvalue weighted by Crippen LogP contribution is -2.25. The zero-order valence-electron chi connectivity index (χ0n) is 8.19. The number of hydrogen-bond donors (Lipinski definition) is 0. The zero-order chi connectivity index (χ0) is 9.78. The van der Waals surface area contributed by atoms with Gasteiger partial charge in [-0.15, -0.1) is 0 Å². The Balaban J connectivity index is 3.73. The molecular formula is C9H17BrO2. The standard InChI is InChI=1S/C9H17BrO2/c1-5-7(10)6-12-8(11)9(2,3)4/h7H,5-6H2,1-4H3. The molecule has 0 aromatic carbocycles. The number of ether oxygens (including phenoxy) is 1. The van der Waals surface area contributed by atoms with E-state index in [2.05, 4.69) is 15.9 Å². The average molecular weight is 237 g/mol. The molecule has 0 saturated carbocycles. The van der Waals surface area contributed by atoms with Crippen molar-refractivity contribution in [2.45, 2.75) is 38.9 Å². The van der Waals surface area contributed by atoms with E-state index in [0.29, 0.717) is 6.61 Å². The van der Waals surface area contributed by atoms with Gasteiger partial charge >= 0.3 is 5.97 Å². The minimum atomic E-state index is -0.388. The Morgan fingerprint density at radius 3 is 2.33 bits per heavy atom. The first-order valence-electron chi connectivity index (χ1n) is 4.19. The molecule has 0 aromatic rings. The lowest BCUT2D eigenvalue weighted by molar-refractivity contribution is -0.152. The number of esters is 1. The Morgan fingerprint density at radius 2 is 2.00 bits per heavy atom. The quantitative estimate of drug-likeness (QED) is 0.557. The molecule has 2 nitrogen and oxygen atoms in total. The topological polar surface area (TPSA) is 26.3 Å². The van der Waals surface area contributed by atoms with Gasteiger partial charge in [0.15, 0.2) is 0 Å². The molecule has 3 heteroatoms. The highest BCUT2D eigenvalue weighted by Crippen LogP contribution is 2.16. The van der Waals surface area contributed by atoms with Crippen LogP contribution in [0.25, 0.3) is 0 Å². The van der Waals surface area contributed by atoms with Crippen LogP contribution in [0.1, 0.15) is 34.1 Å². The number of carbonyl (C=O) groups is 1. The van der Waals surface area contributed by atoms with Gasteiger partial charge in [-0.3, -0.25) is 4.79 Å². The van der Waals surface area contributed by atoms with Crippen LogP contribution >= 0.6 is 15.9 Å². The Bertz CT molecular complexity index is 149. The first kappa shape index (κ1) is 11.9. The first-order chi connectivity index (χ1) is 5.38. The summed E-state index contributed by atoms with van der Waals surface area (Å²) in [7, 11) is 0. The summed E-state index contributed by atoms with van der Waals surface area (Å²) in [6, 6.07) is 0. The van der Waals surface area contributed by atoms with Crippen LogP contribution in [0.5, 0.6) is 0 Å². The summed E-state index contributed by atoms with van der Waals surface area (Å²) in [5.74, 6) is -0.139. The number of alkyl halides is 1. The second-order valence-electron chi connectivity index (χ2n) is 3.85. The van der Waals surface area contributed by atoms with E-state index in [1.54, 1.807) is 0 Å². The molecule has 0 N–H and O–H groups in total. The van der Waals surface area contributed by atoms with Crippen molar-refractivity contribution in [1.29, 1.82) is 0 Å². The van der Waals surface area contributed by atoms with Crippen molar-refractivity contribution in [1.82, 2.24) is 0 Å². The van der Waals surface area contributed by atoms with Crippen LogP contribution in [-0.2, 0) is 9.53 Å². The number of halogens is 1. The molecule has 0 radical (unpaired) electrons. The van der Waals surface area contributed by atoms with Crippen molar-refractivity contribution in [3.63, 3.8) is 0 Å². The maximum atomic E-state index is 11.2. The fraction of sp³-hybridized carbons (Fsp3) is 0.889. The molecule has 0 spiro atoms. The van der Waals surface area contributed by atoms with Gasteiger partial charge in [0.1, 0.15) is 6.61 Å². The maximum absolute atomic E-state index is 11.2. The molecule has 0 bridgehead atoms. The summed E-state index contributed by atoms with van der Waals surface area (Å²) in [6.45, 7) is 8.07. The smallest absolute Gasteiger partial charge is 0.311 e. The van der Waals surface area contributed by atoms with Crippen molar-refractivity contribution in [3.05, 3.63) is 0 Å². The lowest BCUT2D eigenvalue weighted by atomic mass is 9.97. The van der Waals surface area contributed by atoms with E-state index in [0.717, 1.165) is 6.42 Å². The Labute approximate surface area is 82.8 Å². The van der Waals surface area contributed by atoms with E-state index in [1.165, 1.54) is 0 Å². The molecule has 0 aromatic heterocycles. The third-order valence-corrected chi connectivity index (χ3v) is 2.36. The highest BCUT2D eigenvalue weighted by atomic mass is 79.9. The molecule has 1 unspecified atom stereocenters. The summed E-state index contributed by atoms with van der Waals surface area (Å²) < 4.78 is 5.07. The third kappa shape index (κ3) is 4.75. The van der Waals surface area contributed by atoms with E-state index in [1.807, 2.05) is 27.7 Å². The normalized spacial score (nSPS) is 14.1. The van der Waals surface area contributed by atoms with Gasteiger partial charge in [-0.2, -0.15) is 0 Å². The van der Waals surface area contributed by atoms with Gasteiger partial charge in [-0.25, -0.2) is 0 Å². The van der Waals surface area contributed by atoms with Crippen LogP contribution in [0.3, 0.4) is 0 Å². The average Bonchev–Trinajstić information content (AvgIpc) is 1.97. The molecule has 72 valence electrons. The fourth-order valence-electron chi connectivity index (χ4n) is 0.500. The summed E-state index contributed by atoms with van der Waals surface area (Å²) in [5.41, 5.74) is -0.388. The van der Waals surface area contributed by atoms with Gasteiger partial charge < -0.3 is 4.74 Å². The van der Waals surface area contributed by atoms with E-state index in [-0.39, 0.29) is 16.2 Å². The zero-order valence-corrected chi connectivity index (χ0v) is 9.77. The second kappa shape index (κ2) is 4.85. The second-order valence-corrected chi connectivity index (χ2v) is 5.15. The van der Waals surface area contributed by atoms with E-state index in [4.69, 9.17) is 4.74 Å². The minimum absolute atomic E-state index is 0.139. The highest BCUT2D eigenvalue weighted by Gasteiger charge is 2.23. The summed E-state index contributed by atoms with van der Waals surface area (Å²) >= 11 is 3.39. The van der Waals surface area contributed by atoms with Crippen molar-refractivity contribution in [2.24, 2.45) is 5.41 Å². The van der Waals surface area contributed by atoms with Crippen LogP contribution in [0.4, 0.5) is 0 Å². The number of hydrogen-bond acceptors (Lipinski definition) is 2. The first-order valence-corrected chi connectivity index (χ1v) is 5.10. The molecule has 0 rings (SSSR count). The number of carbonyl (C=O) groups excluding carboxylic acids is 1. The monoisotopic (exact) mass is 236 g/mol. The highest BCUT2D eigenvalue weighted by molar-refractivity contribution is 9.09. The van der Waals surface area contributed by atoms with Gasteiger partial charge in [0.2, 0.25) is 0 Å². The van der Waals surface area contributed by atoms with Gasteiger partial charge in [-0.05, 0) is 27.2 Å². The molecule has 1 atom stereocenters. The molecule has 0 aliphatic carbocycles. The summed E-state index contributed by atoms with van der Waals surface area (Å²) in [6.07, 6.45) is 0.970. The Kier molecular flexibility index (Phi) is 4.83. The molecule has 0 amide bonds. The minimum Gasteiger partial charge on any atom is -0.464 e. The van der Waals surface area contributed by atoms with Crippen molar-refractivity contribution < 1.29 is 9.53 Å². The van der Waals surface area contributed by atoms with Crippen molar-refractivity contribution in [3.8, 4) is 0 Å². The van der Waals surface area contributed by atoms with E-state index >= 15 is 0 Å². The fourth-order valence-corrected chi connectivity index (χ4v) is 0.633. The van der Waals surface area contributed by atoms with Crippen molar-refractivity contribution >= 4 is 21.9 Å². The van der Waals surface area contributed by atoms with Crippen LogP contribution < -0.4 is 0 Å². The van der Waals surface area contributed by atoms with Gasteiger partial charge in [0, 0.05) is 4.83 Å². The van der Waals surface area contributed by atoms with Gasteiger partial charge in [-0.1, -0.05) is 22.9 Å². The molecule has 0 saturated heterocycles. The van der Waals surface area contributed by atoms with Gasteiger partial charge in [0.05, 0.1) is 5.41 Å². The molecule has 0 fully saturated rings. The number of rotatable bonds is 3. The third-order valence-electron chi connectivity index (χ3n) is 1.45. The Morgan fingerprint density at radius 1 is 1.50 bits per heavy atom.